The number of carbonyl (C=O) groups is 6. The monoisotopic (exact) mass is 780 g/mol. The molecule has 18 heteroatoms. The Labute approximate surface area is 326 Å². The number of carbonyl (C=O) groups excluding carboxylic acids is 5. The van der Waals surface area contributed by atoms with Gasteiger partial charge in [0.2, 0.25) is 23.6 Å². The van der Waals surface area contributed by atoms with Gasteiger partial charge in [-0.2, -0.15) is 0 Å². The molecule has 6 amide bonds. The van der Waals surface area contributed by atoms with Crippen LogP contribution in [0.3, 0.4) is 0 Å². The number of aliphatic carboxylic acids is 1. The van der Waals surface area contributed by atoms with Gasteiger partial charge in [-0.05, 0) is 80.7 Å². The maximum absolute atomic E-state index is 14.2. The number of anilines is 1. The number of carboxylic acids is 1. The number of carboxylic acid groups (broad SMARTS) is 1. The molecule has 1 heterocycles. The molecule has 0 saturated carbocycles. The lowest BCUT2D eigenvalue weighted by atomic mass is 10.00. The van der Waals surface area contributed by atoms with Gasteiger partial charge in [-0.3, -0.25) is 24.6 Å². The summed E-state index contributed by atoms with van der Waals surface area (Å²) in [6.07, 6.45) is 1.65. The molecule has 0 radical (unpaired) electrons. The molecule has 0 unspecified atom stereocenters. The van der Waals surface area contributed by atoms with Gasteiger partial charge in [-0.1, -0.05) is 44.2 Å². The van der Waals surface area contributed by atoms with E-state index in [2.05, 4.69) is 31.9 Å². The van der Waals surface area contributed by atoms with Crippen molar-refractivity contribution in [3.05, 3.63) is 60.2 Å². The average molecular weight is 781 g/mol. The van der Waals surface area contributed by atoms with Crippen LogP contribution >= 0.6 is 0 Å². The molecule has 2 aromatic rings. The van der Waals surface area contributed by atoms with Crippen molar-refractivity contribution in [1.82, 2.24) is 31.5 Å². The molecule has 0 spiro atoms. The van der Waals surface area contributed by atoms with Crippen LogP contribution in [0.1, 0.15) is 64.4 Å². The number of para-hydroxylation sites is 1. The number of phenols is 1. The van der Waals surface area contributed by atoms with Gasteiger partial charge in [0, 0.05) is 31.7 Å². The Morgan fingerprint density at radius 1 is 0.804 bits per heavy atom. The van der Waals surface area contributed by atoms with E-state index in [9.17, 15) is 39.0 Å². The van der Waals surface area contributed by atoms with E-state index in [0.29, 0.717) is 24.1 Å². The number of likely N-dealkylation sites (tertiary alicyclic amines) is 1. The Morgan fingerprint density at radius 3 is 1.98 bits per heavy atom. The zero-order chi connectivity index (χ0) is 41.2. The second-order valence-electron chi connectivity index (χ2n) is 14.2. The van der Waals surface area contributed by atoms with E-state index in [-0.39, 0.29) is 75.8 Å². The minimum Gasteiger partial charge on any atom is -0.508 e. The number of aromatic hydroxyl groups is 1. The lowest BCUT2D eigenvalue weighted by Gasteiger charge is -2.29. The summed E-state index contributed by atoms with van der Waals surface area (Å²) in [5.74, 6) is -3.86. The van der Waals surface area contributed by atoms with Crippen LogP contribution in [0.5, 0.6) is 5.75 Å². The van der Waals surface area contributed by atoms with Crippen molar-refractivity contribution in [3.8, 4) is 5.75 Å². The minimum absolute atomic E-state index is 0.00827. The maximum atomic E-state index is 14.2. The summed E-state index contributed by atoms with van der Waals surface area (Å²) in [4.78, 5) is 80.4. The molecule has 13 N–H and O–H groups in total. The van der Waals surface area contributed by atoms with Gasteiger partial charge in [-0.25, -0.2) is 9.59 Å². The smallest absolute Gasteiger partial charge is 0.326 e. The fraction of sp³-hybridized carbons (Fsp3) is 0.500. The highest BCUT2D eigenvalue weighted by Gasteiger charge is 2.38. The van der Waals surface area contributed by atoms with Crippen LogP contribution in [0.4, 0.5) is 10.5 Å². The summed E-state index contributed by atoms with van der Waals surface area (Å²) < 4.78 is 0. The molecule has 1 aliphatic heterocycles. The molecule has 18 nitrogen and oxygen atoms in total. The normalized spacial score (nSPS) is 15.8. The second-order valence-corrected chi connectivity index (χ2v) is 14.2. The molecule has 2 aromatic carbocycles. The van der Waals surface area contributed by atoms with Crippen molar-refractivity contribution in [1.29, 1.82) is 5.41 Å². The number of guanidine groups is 1. The Hall–Kier alpha value is -6.07. The third-order valence-electron chi connectivity index (χ3n) is 9.17. The van der Waals surface area contributed by atoms with E-state index < -0.39 is 65.8 Å². The Morgan fingerprint density at radius 2 is 1.38 bits per heavy atom. The largest absolute Gasteiger partial charge is 0.508 e. The first kappa shape index (κ1) is 44.3. The van der Waals surface area contributed by atoms with Crippen LogP contribution in [0, 0.1) is 11.3 Å². The number of nitrogens with two attached hydrogens (primary N) is 2. The van der Waals surface area contributed by atoms with Gasteiger partial charge in [0.05, 0.1) is 0 Å². The number of nitrogens with zero attached hydrogens (tertiary/aromatic N) is 1. The van der Waals surface area contributed by atoms with E-state index in [1.54, 1.807) is 12.1 Å². The zero-order valence-electron chi connectivity index (χ0n) is 31.9. The maximum Gasteiger partial charge on any atom is 0.326 e. The fourth-order valence-corrected chi connectivity index (χ4v) is 6.39. The molecule has 5 atom stereocenters. The van der Waals surface area contributed by atoms with Crippen molar-refractivity contribution in [2.24, 2.45) is 17.4 Å². The minimum atomic E-state index is -1.27. The highest BCUT2D eigenvalue weighted by molar-refractivity contribution is 5.96. The van der Waals surface area contributed by atoms with E-state index in [1.165, 1.54) is 17.0 Å². The molecule has 1 saturated heterocycles. The lowest BCUT2D eigenvalue weighted by molar-refractivity contribution is -0.149. The Kier molecular flexibility index (Phi) is 17.7. The van der Waals surface area contributed by atoms with Crippen LogP contribution in [0.2, 0.25) is 0 Å². The number of primary amides is 1. The number of amides is 6. The van der Waals surface area contributed by atoms with E-state index >= 15 is 0 Å². The summed E-state index contributed by atoms with van der Waals surface area (Å²) in [5, 5.41) is 43.6. The summed E-state index contributed by atoms with van der Waals surface area (Å²) in [6, 6.07) is 9.03. The first-order valence-electron chi connectivity index (χ1n) is 18.8. The lowest BCUT2D eigenvalue weighted by Crippen LogP contribution is -2.59. The van der Waals surface area contributed by atoms with Gasteiger partial charge >= 0.3 is 12.0 Å². The molecule has 1 aliphatic rings. The number of rotatable bonds is 22. The summed E-state index contributed by atoms with van der Waals surface area (Å²) in [7, 11) is 0. The van der Waals surface area contributed by atoms with E-state index in [1.807, 2.05) is 44.2 Å². The van der Waals surface area contributed by atoms with Crippen molar-refractivity contribution in [2.75, 3.05) is 25.0 Å². The summed E-state index contributed by atoms with van der Waals surface area (Å²) in [6.45, 7) is 4.38. The van der Waals surface area contributed by atoms with Gasteiger partial charge in [0.15, 0.2) is 5.96 Å². The number of hydrogen-bond donors (Lipinski definition) is 11. The average Bonchev–Trinajstić information content (AvgIpc) is 3.65. The van der Waals surface area contributed by atoms with E-state index in [4.69, 9.17) is 16.9 Å². The molecule has 0 bridgehead atoms. The molecule has 0 aliphatic carbocycles. The topological polar surface area (TPSA) is 294 Å². The van der Waals surface area contributed by atoms with Crippen molar-refractivity contribution in [2.45, 2.75) is 95.4 Å². The standard InChI is InChI=1S/C38H56N10O8/c1-23(2)21-29(44-25-9-4-3-5-10-25)33(51)47-30(22-24-14-16-26(49)17-15-24)34(52)45-27(11-6-19-43-38(41)56)32(50)46-28(12-7-18-42-37(39)40)35(53)48-20-8-13-31(48)36(54)55/h3-5,9-10,14-17,23,27-31,44,49H,6-8,11-13,18-22H2,1-2H3,(H,45,52)(H,46,50)(H,47,51)(H,54,55)(H4,39,40,42)(H3,41,43,56)/t27-,28+,29+,30+,31+/m1/s1. The third kappa shape index (κ3) is 15.0. The molecule has 0 aromatic heterocycles. The molecule has 306 valence electrons. The van der Waals surface area contributed by atoms with Crippen LogP contribution < -0.4 is 43.4 Å². The van der Waals surface area contributed by atoms with Gasteiger partial charge in [0.25, 0.3) is 0 Å². The SMILES string of the molecule is CC(C)C[C@H](Nc1ccccc1)C(=O)N[C@@H](Cc1ccc(O)cc1)C(=O)N[C@H](CCCNC(N)=O)C(=O)N[C@@H](CCCNC(=N)N)C(=O)N1CCC[C@H]1C(=O)O. The molecular weight excluding hydrogens is 724 g/mol. The summed E-state index contributed by atoms with van der Waals surface area (Å²) >= 11 is 0. The zero-order valence-corrected chi connectivity index (χ0v) is 31.9. The highest BCUT2D eigenvalue weighted by Crippen LogP contribution is 2.20. The van der Waals surface area contributed by atoms with Gasteiger partial charge in [0.1, 0.15) is 36.0 Å². The van der Waals surface area contributed by atoms with Gasteiger partial charge in [-0.15, -0.1) is 0 Å². The van der Waals surface area contributed by atoms with Crippen LogP contribution in [-0.2, 0) is 30.4 Å². The van der Waals surface area contributed by atoms with Gasteiger partial charge < -0.3 is 58.5 Å². The van der Waals surface area contributed by atoms with E-state index in [0.717, 1.165) is 0 Å². The number of nitrogens with one attached hydrogen (secondary N) is 7. The van der Waals surface area contributed by atoms with Crippen molar-refractivity contribution < 1.29 is 39.0 Å². The Bertz CT molecular complexity index is 1640. The number of hydrogen-bond acceptors (Lipinski definition) is 9. The predicted molar refractivity (Wildman–Crippen MR) is 209 cm³/mol. The molecule has 1 fully saturated rings. The Balaban J connectivity index is 1.90. The first-order valence-corrected chi connectivity index (χ1v) is 18.8. The highest BCUT2D eigenvalue weighted by atomic mass is 16.4. The number of urea groups is 1. The molecule has 3 rings (SSSR count). The molecule has 56 heavy (non-hydrogen) atoms. The van der Waals surface area contributed by atoms with Crippen molar-refractivity contribution >= 4 is 47.3 Å². The molecular formula is C38H56N10O8. The van der Waals surface area contributed by atoms with Crippen molar-refractivity contribution in [3.63, 3.8) is 0 Å². The second kappa shape index (κ2) is 22.3. The predicted octanol–water partition coefficient (Wildman–Crippen LogP) is 0.703. The van der Waals surface area contributed by atoms with Crippen LogP contribution in [0.15, 0.2) is 54.6 Å². The number of phenolic OH excluding ortho intramolecular Hbond substituents is 1. The van der Waals surface area contributed by atoms with Crippen LogP contribution in [0.25, 0.3) is 0 Å². The first-order chi connectivity index (χ1) is 26.6. The number of benzene rings is 2. The van der Waals surface area contributed by atoms with Crippen LogP contribution in [-0.4, -0.2) is 107 Å². The summed E-state index contributed by atoms with van der Waals surface area (Å²) in [5.41, 5.74) is 11.9. The third-order valence-corrected chi connectivity index (χ3v) is 9.17. The quantitative estimate of drug-likeness (QED) is 0.0449. The fourth-order valence-electron chi connectivity index (χ4n) is 6.39.